The lowest BCUT2D eigenvalue weighted by Crippen LogP contribution is -2.05. The van der Waals surface area contributed by atoms with E-state index in [9.17, 15) is 14.9 Å². The van der Waals surface area contributed by atoms with E-state index < -0.39 is 10.9 Å². The molecule has 0 amide bonds. The van der Waals surface area contributed by atoms with Gasteiger partial charge in [0.2, 0.25) is 0 Å². The van der Waals surface area contributed by atoms with Gasteiger partial charge < -0.3 is 15.0 Å². The van der Waals surface area contributed by atoms with Gasteiger partial charge in [-0.15, -0.1) is 0 Å². The predicted molar refractivity (Wildman–Crippen MR) is 80.3 cm³/mol. The highest BCUT2D eigenvalue weighted by molar-refractivity contribution is 9.10. The van der Waals surface area contributed by atoms with Gasteiger partial charge in [-0.25, -0.2) is 4.79 Å². The first-order chi connectivity index (χ1) is 10.0. The van der Waals surface area contributed by atoms with E-state index in [1.807, 2.05) is 0 Å². The summed E-state index contributed by atoms with van der Waals surface area (Å²) in [6.45, 7) is 0.319. The highest BCUT2D eigenvalue weighted by Gasteiger charge is 2.14. The number of nitrogens with zero attached hydrogens (tertiary/aromatic N) is 1. The Morgan fingerprint density at radius 1 is 1.43 bits per heavy atom. The number of ether oxygens (including phenoxy) is 1. The Bertz CT molecular complexity index is 684. The molecule has 7 nitrogen and oxygen atoms in total. The second kappa shape index (κ2) is 6.40. The lowest BCUT2D eigenvalue weighted by molar-refractivity contribution is -0.384. The summed E-state index contributed by atoms with van der Waals surface area (Å²) in [7, 11) is 1.30. The molecule has 2 rings (SSSR count). The van der Waals surface area contributed by atoms with Gasteiger partial charge in [-0.2, -0.15) is 0 Å². The van der Waals surface area contributed by atoms with E-state index in [1.54, 1.807) is 24.3 Å². The van der Waals surface area contributed by atoms with Gasteiger partial charge in [-0.05, 0) is 24.3 Å². The van der Waals surface area contributed by atoms with E-state index >= 15 is 0 Å². The van der Waals surface area contributed by atoms with E-state index in [1.165, 1.54) is 13.2 Å². The number of benzene rings is 1. The zero-order chi connectivity index (χ0) is 15.4. The number of esters is 1. The number of aromatic nitrogens is 1. The minimum atomic E-state index is -0.462. The highest BCUT2D eigenvalue weighted by atomic mass is 79.9. The van der Waals surface area contributed by atoms with Crippen LogP contribution in [0.2, 0.25) is 0 Å². The first-order valence-electron chi connectivity index (χ1n) is 5.95. The van der Waals surface area contributed by atoms with Crippen LogP contribution in [0.15, 0.2) is 34.8 Å². The fourth-order valence-electron chi connectivity index (χ4n) is 1.77. The summed E-state index contributed by atoms with van der Waals surface area (Å²) in [6.07, 6.45) is 0. The number of nitrogens with one attached hydrogen (secondary N) is 2. The number of hydrogen-bond donors (Lipinski definition) is 2. The Hall–Kier alpha value is -2.35. The molecule has 2 N–H and O–H groups in total. The number of hydrogen-bond acceptors (Lipinski definition) is 5. The summed E-state index contributed by atoms with van der Waals surface area (Å²) in [5.41, 5.74) is 1.42. The zero-order valence-electron chi connectivity index (χ0n) is 11.1. The molecular weight excluding hydrogens is 342 g/mol. The van der Waals surface area contributed by atoms with Crippen molar-refractivity contribution >= 4 is 33.3 Å². The average molecular weight is 354 g/mol. The van der Waals surface area contributed by atoms with Crippen molar-refractivity contribution in [3.8, 4) is 0 Å². The van der Waals surface area contributed by atoms with Crippen LogP contribution in [-0.2, 0) is 11.3 Å². The smallest absolute Gasteiger partial charge is 0.354 e. The van der Waals surface area contributed by atoms with Crippen molar-refractivity contribution in [3.63, 3.8) is 0 Å². The molecule has 2 aromatic rings. The van der Waals surface area contributed by atoms with Crippen molar-refractivity contribution in [1.82, 2.24) is 4.98 Å². The molecule has 0 atom stereocenters. The molecule has 8 heteroatoms. The Kier molecular flexibility index (Phi) is 4.59. The summed E-state index contributed by atoms with van der Waals surface area (Å²) < 4.78 is 5.22. The van der Waals surface area contributed by atoms with Crippen molar-refractivity contribution < 1.29 is 14.5 Å². The Labute approximate surface area is 128 Å². The summed E-state index contributed by atoms with van der Waals surface area (Å²) in [6, 6.07) is 8.07. The summed E-state index contributed by atoms with van der Waals surface area (Å²) in [5.74, 6) is -0.462. The van der Waals surface area contributed by atoms with Gasteiger partial charge in [0, 0.05) is 16.2 Å². The Morgan fingerprint density at radius 2 is 2.19 bits per heavy atom. The summed E-state index contributed by atoms with van der Waals surface area (Å²) in [5, 5.41) is 14.0. The van der Waals surface area contributed by atoms with Crippen molar-refractivity contribution in [2.45, 2.75) is 6.54 Å². The molecule has 1 heterocycles. The van der Waals surface area contributed by atoms with E-state index in [-0.39, 0.29) is 5.69 Å². The van der Waals surface area contributed by atoms with Crippen molar-refractivity contribution in [2.24, 2.45) is 0 Å². The standard InChI is InChI=1S/C13H12BrN3O4/c1-21-13(18)11-5-3-9(16-11)7-15-10-4-2-8(14)6-12(10)17(19)20/h2-6,15-16H,7H2,1H3. The number of nitro groups is 1. The van der Waals surface area contributed by atoms with Crippen LogP contribution in [0.4, 0.5) is 11.4 Å². The van der Waals surface area contributed by atoms with Crippen molar-refractivity contribution in [3.05, 3.63) is 56.3 Å². The van der Waals surface area contributed by atoms with Gasteiger partial charge >= 0.3 is 5.97 Å². The normalized spacial score (nSPS) is 10.2. The molecule has 0 aliphatic heterocycles. The molecule has 0 saturated heterocycles. The minimum Gasteiger partial charge on any atom is -0.464 e. The maximum atomic E-state index is 11.3. The number of rotatable bonds is 5. The predicted octanol–water partition coefficient (Wildman–Crippen LogP) is 3.08. The molecule has 1 aromatic heterocycles. The SMILES string of the molecule is COC(=O)c1ccc(CNc2ccc(Br)cc2[N+](=O)[O-])[nH]1. The number of nitro benzene ring substituents is 1. The number of carbonyl (C=O) groups excluding carboxylic acids is 1. The average Bonchev–Trinajstić information content (AvgIpc) is 2.93. The number of methoxy groups -OCH3 is 1. The number of aromatic amines is 1. The van der Waals surface area contributed by atoms with Gasteiger partial charge in [0.25, 0.3) is 5.69 Å². The van der Waals surface area contributed by atoms with Gasteiger partial charge in [0.05, 0.1) is 18.6 Å². The second-order valence-corrected chi connectivity index (χ2v) is 5.08. The lowest BCUT2D eigenvalue weighted by atomic mass is 10.2. The summed E-state index contributed by atoms with van der Waals surface area (Å²) in [4.78, 5) is 24.7. The maximum absolute atomic E-state index is 11.3. The van der Waals surface area contributed by atoms with E-state index in [0.29, 0.717) is 28.1 Å². The largest absolute Gasteiger partial charge is 0.464 e. The van der Waals surface area contributed by atoms with Crippen LogP contribution in [-0.4, -0.2) is 23.0 Å². The number of H-pyrrole nitrogens is 1. The monoisotopic (exact) mass is 353 g/mol. The third-order valence-corrected chi connectivity index (χ3v) is 3.27. The quantitative estimate of drug-likeness (QED) is 0.489. The third kappa shape index (κ3) is 3.60. The van der Waals surface area contributed by atoms with Gasteiger partial charge in [0.1, 0.15) is 11.4 Å². The molecule has 110 valence electrons. The maximum Gasteiger partial charge on any atom is 0.354 e. The number of carbonyl (C=O) groups is 1. The van der Waals surface area contributed by atoms with E-state index in [4.69, 9.17) is 0 Å². The fraction of sp³-hybridized carbons (Fsp3) is 0.154. The number of anilines is 1. The minimum absolute atomic E-state index is 0.0240. The van der Waals surface area contributed by atoms with Crippen LogP contribution in [0.1, 0.15) is 16.2 Å². The molecule has 0 radical (unpaired) electrons. The van der Waals surface area contributed by atoms with Crippen LogP contribution in [0.5, 0.6) is 0 Å². The molecule has 0 saturated carbocycles. The van der Waals surface area contributed by atoms with Crippen LogP contribution < -0.4 is 5.32 Å². The van der Waals surface area contributed by atoms with Gasteiger partial charge in [-0.3, -0.25) is 10.1 Å². The Balaban J connectivity index is 2.11. The molecule has 21 heavy (non-hydrogen) atoms. The van der Waals surface area contributed by atoms with Crippen LogP contribution in [0, 0.1) is 10.1 Å². The molecule has 0 aliphatic carbocycles. The van der Waals surface area contributed by atoms with Crippen molar-refractivity contribution in [1.29, 1.82) is 0 Å². The van der Waals surface area contributed by atoms with Crippen LogP contribution in [0.25, 0.3) is 0 Å². The van der Waals surface area contributed by atoms with Crippen LogP contribution in [0.3, 0.4) is 0 Å². The van der Waals surface area contributed by atoms with Gasteiger partial charge in [0.15, 0.2) is 0 Å². The summed E-state index contributed by atoms with van der Waals surface area (Å²) >= 11 is 3.20. The second-order valence-electron chi connectivity index (χ2n) is 4.16. The van der Waals surface area contributed by atoms with Crippen molar-refractivity contribution in [2.75, 3.05) is 12.4 Å². The number of halogens is 1. The molecule has 0 spiro atoms. The molecule has 0 bridgehead atoms. The topological polar surface area (TPSA) is 97.3 Å². The highest BCUT2D eigenvalue weighted by Crippen LogP contribution is 2.28. The molecular formula is C13H12BrN3O4. The first kappa shape index (κ1) is 15.0. The fourth-order valence-corrected chi connectivity index (χ4v) is 2.12. The van der Waals surface area contributed by atoms with E-state index in [0.717, 1.165) is 0 Å². The molecule has 0 aliphatic rings. The van der Waals surface area contributed by atoms with Gasteiger partial charge in [-0.1, -0.05) is 15.9 Å². The first-order valence-corrected chi connectivity index (χ1v) is 6.74. The molecule has 0 fully saturated rings. The molecule has 1 aromatic carbocycles. The Morgan fingerprint density at radius 3 is 2.86 bits per heavy atom. The van der Waals surface area contributed by atoms with E-state index in [2.05, 4.69) is 31.0 Å². The zero-order valence-corrected chi connectivity index (χ0v) is 12.6. The third-order valence-electron chi connectivity index (χ3n) is 2.78. The van der Waals surface area contributed by atoms with Crippen LogP contribution >= 0.6 is 15.9 Å². The lowest BCUT2D eigenvalue weighted by Gasteiger charge is -2.06. The molecule has 0 unspecified atom stereocenters.